The van der Waals surface area contributed by atoms with Crippen LogP contribution in [0.1, 0.15) is 46.5 Å². The summed E-state index contributed by atoms with van der Waals surface area (Å²) in [5.41, 5.74) is -0.306. The molecule has 88 valence electrons. The van der Waals surface area contributed by atoms with Gasteiger partial charge in [0.05, 0.1) is 12.0 Å². The van der Waals surface area contributed by atoms with Gasteiger partial charge in [-0.25, -0.2) is 0 Å². The molecule has 3 nitrogen and oxygen atoms in total. The van der Waals surface area contributed by atoms with Gasteiger partial charge in [0, 0.05) is 6.54 Å². The fourth-order valence-electron chi connectivity index (χ4n) is 1.69. The number of hydrogen-bond acceptors (Lipinski definition) is 2. The lowest BCUT2D eigenvalue weighted by molar-refractivity contribution is -0.139. The Hall–Kier alpha value is -0.570. The largest absolute Gasteiger partial charge is 0.395 e. The number of aliphatic hydroxyl groups excluding tert-OH is 1. The van der Waals surface area contributed by atoms with Crippen LogP contribution in [0, 0.1) is 10.8 Å². The highest BCUT2D eigenvalue weighted by Crippen LogP contribution is 2.40. The highest BCUT2D eigenvalue weighted by atomic mass is 16.3. The van der Waals surface area contributed by atoms with Crippen molar-refractivity contribution in [1.82, 2.24) is 5.32 Å². The molecule has 3 heteroatoms. The van der Waals surface area contributed by atoms with Gasteiger partial charge in [0.1, 0.15) is 0 Å². The van der Waals surface area contributed by atoms with Gasteiger partial charge in [0.2, 0.25) is 5.91 Å². The SMILES string of the molecule is CCC(C)(C)CNC(=O)C1(CO)CCC1. The molecule has 0 radical (unpaired) electrons. The maximum Gasteiger partial charge on any atom is 0.228 e. The molecule has 1 amide bonds. The van der Waals surface area contributed by atoms with E-state index in [1.807, 2.05) is 0 Å². The van der Waals surface area contributed by atoms with E-state index in [0.717, 1.165) is 25.7 Å². The standard InChI is InChI=1S/C12H23NO2/c1-4-11(2,3)8-13-10(15)12(9-14)6-5-7-12/h14H,4-9H2,1-3H3,(H,13,15). The van der Waals surface area contributed by atoms with Crippen molar-refractivity contribution < 1.29 is 9.90 Å². The van der Waals surface area contributed by atoms with Gasteiger partial charge in [0.15, 0.2) is 0 Å². The molecule has 2 N–H and O–H groups in total. The van der Waals surface area contributed by atoms with Crippen molar-refractivity contribution >= 4 is 5.91 Å². The summed E-state index contributed by atoms with van der Waals surface area (Å²) in [6.45, 7) is 7.09. The lowest BCUT2D eigenvalue weighted by atomic mass is 9.68. The summed E-state index contributed by atoms with van der Waals surface area (Å²) in [7, 11) is 0. The molecule has 1 rings (SSSR count). The number of carbonyl (C=O) groups is 1. The van der Waals surface area contributed by atoms with Crippen LogP contribution >= 0.6 is 0 Å². The molecule has 0 saturated heterocycles. The molecule has 0 aliphatic heterocycles. The quantitative estimate of drug-likeness (QED) is 0.730. The van der Waals surface area contributed by atoms with Gasteiger partial charge in [-0.05, 0) is 24.7 Å². The van der Waals surface area contributed by atoms with E-state index in [0.29, 0.717) is 6.54 Å². The Morgan fingerprint density at radius 3 is 2.40 bits per heavy atom. The minimum Gasteiger partial charge on any atom is -0.395 e. The van der Waals surface area contributed by atoms with Gasteiger partial charge in [-0.3, -0.25) is 4.79 Å². The molecule has 15 heavy (non-hydrogen) atoms. The van der Waals surface area contributed by atoms with E-state index in [2.05, 4.69) is 26.1 Å². The molecule has 0 heterocycles. The molecular weight excluding hydrogens is 190 g/mol. The average molecular weight is 213 g/mol. The first kappa shape index (κ1) is 12.5. The van der Waals surface area contributed by atoms with Crippen LogP contribution in [0.4, 0.5) is 0 Å². The molecule has 0 spiro atoms. The van der Waals surface area contributed by atoms with Gasteiger partial charge >= 0.3 is 0 Å². The van der Waals surface area contributed by atoms with Crippen LogP contribution in [0.25, 0.3) is 0 Å². The Morgan fingerprint density at radius 2 is 2.07 bits per heavy atom. The predicted molar refractivity (Wildman–Crippen MR) is 60.5 cm³/mol. The summed E-state index contributed by atoms with van der Waals surface area (Å²) in [6.07, 6.45) is 3.77. The van der Waals surface area contributed by atoms with Gasteiger partial charge in [-0.2, -0.15) is 0 Å². The number of nitrogens with one attached hydrogen (secondary N) is 1. The maximum atomic E-state index is 11.9. The van der Waals surface area contributed by atoms with Crippen molar-refractivity contribution in [2.75, 3.05) is 13.2 Å². The Balaban J connectivity index is 2.42. The lowest BCUT2D eigenvalue weighted by Gasteiger charge is -2.39. The van der Waals surface area contributed by atoms with E-state index < -0.39 is 5.41 Å². The molecule has 0 aromatic heterocycles. The molecule has 1 saturated carbocycles. The van der Waals surface area contributed by atoms with Gasteiger partial charge < -0.3 is 10.4 Å². The number of rotatable bonds is 5. The second-order valence-electron chi connectivity index (χ2n) is 5.49. The number of carbonyl (C=O) groups excluding carboxylic acids is 1. The monoisotopic (exact) mass is 213 g/mol. The second-order valence-corrected chi connectivity index (χ2v) is 5.49. The van der Waals surface area contributed by atoms with Crippen LogP contribution in [0.3, 0.4) is 0 Å². The fraction of sp³-hybridized carbons (Fsp3) is 0.917. The summed E-state index contributed by atoms with van der Waals surface area (Å²) in [5.74, 6) is 0.0396. The molecule has 1 aliphatic rings. The third-order valence-corrected chi connectivity index (χ3v) is 3.78. The predicted octanol–water partition coefficient (Wildman–Crippen LogP) is 1.70. The van der Waals surface area contributed by atoms with Crippen LogP contribution in [0.15, 0.2) is 0 Å². The first-order valence-electron chi connectivity index (χ1n) is 5.85. The summed E-state index contributed by atoms with van der Waals surface area (Å²) in [6, 6.07) is 0. The number of amides is 1. The second kappa shape index (κ2) is 4.52. The minimum atomic E-state index is -0.455. The van der Waals surface area contributed by atoms with Crippen molar-refractivity contribution in [2.24, 2.45) is 10.8 Å². The highest BCUT2D eigenvalue weighted by molar-refractivity contribution is 5.83. The van der Waals surface area contributed by atoms with Gasteiger partial charge in [-0.15, -0.1) is 0 Å². The highest BCUT2D eigenvalue weighted by Gasteiger charge is 2.43. The molecular formula is C12H23NO2. The van der Waals surface area contributed by atoms with Gasteiger partial charge in [0.25, 0.3) is 0 Å². The topological polar surface area (TPSA) is 49.3 Å². The number of hydrogen-bond donors (Lipinski definition) is 2. The normalized spacial score (nSPS) is 19.5. The zero-order chi connectivity index (χ0) is 11.5. The summed E-state index contributed by atoms with van der Waals surface area (Å²) < 4.78 is 0. The van der Waals surface area contributed by atoms with E-state index in [1.54, 1.807) is 0 Å². The van der Waals surface area contributed by atoms with Crippen LogP contribution in [-0.4, -0.2) is 24.2 Å². The minimum absolute atomic E-state index is 0.00854. The van der Waals surface area contributed by atoms with Crippen molar-refractivity contribution in [3.05, 3.63) is 0 Å². The van der Waals surface area contributed by atoms with Crippen LogP contribution in [-0.2, 0) is 4.79 Å². The van der Waals surface area contributed by atoms with Crippen molar-refractivity contribution in [3.63, 3.8) is 0 Å². The third kappa shape index (κ3) is 2.71. The van der Waals surface area contributed by atoms with Crippen molar-refractivity contribution in [1.29, 1.82) is 0 Å². The van der Waals surface area contributed by atoms with E-state index >= 15 is 0 Å². The zero-order valence-corrected chi connectivity index (χ0v) is 10.1. The molecule has 1 fully saturated rings. The summed E-state index contributed by atoms with van der Waals surface area (Å²) in [4.78, 5) is 11.9. The smallest absolute Gasteiger partial charge is 0.228 e. The van der Waals surface area contributed by atoms with Crippen LogP contribution in [0.2, 0.25) is 0 Å². The molecule has 0 aromatic rings. The van der Waals surface area contributed by atoms with E-state index in [-0.39, 0.29) is 17.9 Å². The van der Waals surface area contributed by atoms with Gasteiger partial charge in [-0.1, -0.05) is 27.2 Å². The molecule has 0 unspecified atom stereocenters. The Bertz CT molecular complexity index is 226. The first-order valence-corrected chi connectivity index (χ1v) is 5.85. The maximum absolute atomic E-state index is 11.9. The van der Waals surface area contributed by atoms with E-state index in [1.165, 1.54) is 0 Å². The fourth-order valence-corrected chi connectivity index (χ4v) is 1.69. The zero-order valence-electron chi connectivity index (χ0n) is 10.1. The van der Waals surface area contributed by atoms with Crippen LogP contribution < -0.4 is 5.32 Å². The Kier molecular flexibility index (Phi) is 3.77. The summed E-state index contributed by atoms with van der Waals surface area (Å²) in [5, 5.41) is 12.2. The third-order valence-electron chi connectivity index (χ3n) is 3.78. The Labute approximate surface area is 92.3 Å². The van der Waals surface area contributed by atoms with E-state index in [4.69, 9.17) is 0 Å². The molecule has 1 aliphatic carbocycles. The first-order chi connectivity index (χ1) is 6.96. The lowest BCUT2D eigenvalue weighted by Crippen LogP contribution is -2.50. The van der Waals surface area contributed by atoms with Crippen molar-refractivity contribution in [3.8, 4) is 0 Å². The average Bonchev–Trinajstić information content (AvgIpc) is 2.14. The molecule has 0 atom stereocenters. The van der Waals surface area contributed by atoms with E-state index in [9.17, 15) is 9.90 Å². The summed E-state index contributed by atoms with van der Waals surface area (Å²) >= 11 is 0. The number of aliphatic hydroxyl groups is 1. The van der Waals surface area contributed by atoms with Crippen molar-refractivity contribution in [2.45, 2.75) is 46.5 Å². The van der Waals surface area contributed by atoms with Crippen LogP contribution in [0.5, 0.6) is 0 Å². The molecule has 0 aromatic carbocycles. The Morgan fingerprint density at radius 1 is 1.47 bits per heavy atom. The molecule has 0 bridgehead atoms.